The number of aliphatic hydroxyl groups is 1. The predicted molar refractivity (Wildman–Crippen MR) is 72.9 cm³/mol. The van der Waals surface area contributed by atoms with Gasteiger partial charge in [-0.3, -0.25) is 0 Å². The molecule has 0 aliphatic rings. The van der Waals surface area contributed by atoms with E-state index >= 15 is 0 Å². The number of hydrogen-bond acceptors (Lipinski definition) is 2. The van der Waals surface area contributed by atoms with E-state index in [4.69, 9.17) is 0 Å². The molecule has 2 nitrogen and oxygen atoms in total. The van der Waals surface area contributed by atoms with Crippen molar-refractivity contribution in [2.75, 3.05) is 6.54 Å². The summed E-state index contributed by atoms with van der Waals surface area (Å²) in [4.78, 5) is 0. The summed E-state index contributed by atoms with van der Waals surface area (Å²) >= 11 is 0. The standard InChI is InChI=1S/C15H23F2NO/c1-4-15(5-2,6-3)18-10-14(19)12-9-11(16)7-8-13(12)17/h7-9,14,18-19H,4-6,10H2,1-3H3. The quantitative estimate of drug-likeness (QED) is 0.794. The molecule has 0 fully saturated rings. The molecule has 0 spiro atoms. The van der Waals surface area contributed by atoms with Crippen LogP contribution in [-0.4, -0.2) is 17.2 Å². The van der Waals surface area contributed by atoms with Gasteiger partial charge >= 0.3 is 0 Å². The summed E-state index contributed by atoms with van der Waals surface area (Å²) in [5.41, 5.74) is -0.0465. The molecule has 1 atom stereocenters. The normalized spacial score (nSPS) is 13.6. The number of aliphatic hydroxyl groups excluding tert-OH is 1. The highest BCUT2D eigenvalue weighted by Gasteiger charge is 2.24. The SMILES string of the molecule is CCC(CC)(CC)NCC(O)c1cc(F)ccc1F. The molecule has 0 saturated heterocycles. The first-order valence-corrected chi connectivity index (χ1v) is 6.86. The van der Waals surface area contributed by atoms with E-state index in [9.17, 15) is 13.9 Å². The molecule has 4 heteroatoms. The summed E-state index contributed by atoms with van der Waals surface area (Å²) in [5, 5.41) is 13.3. The van der Waals surface area contributed by atoms with Gasteiger partial charge in [-0.1, -0.05) is 20.8 Å². The molecular formula is C15H23F2NO. The van der Waals surface area contributed by atoms with E-state index in [1.165, 1.54) is 0 Å². The summed E-state index contributed by atoms with van der Waals surface area (Å²) in [5.74, 6) is -1.12. The Kier molecular flexibility index (Phi) is 5.88. The van der Waals surface area contributed by atoms with Crippen LogP contribution in [-0.2, 0) is 0 Å². The van der Waals surface area contributed by atoms with Crippen molar-refractivity contribution in [3.63, 3.8) is 0 Å². The van der Waals surface area contributed by atoms with Crippen LogP contribution in [0.1, 0.15) is 51.7 Å². The summed E-state index contributed by atoms with van der Waals surface area (Å²) in [7, 11) is 0. The Morgan fingerprint density at radius 1 is 1.16 bits per heavy atom. The third kappa shape index (κ3) is 3.98. The Bertz CT molecular complexity index is 397. The van der Waals surface area contributed by atoms with Crippen molar-refractivity contribution < 1.29 is 13.9 Å². The van der Waals surface area contributed by atoms with Gasteiger partial charge in [0.15, 0.2) is 0 Å². The maximum absolute atomic E-state index is 13.5. The minimum Gasteiger partial charge on any atom is -0.387 e. The lowest BCUT2D eigenvalue weighted by atomic mass is 9.89. The van der Waals surface area contributed by atoms with Crippen LogP contribution in [0, 0.1) is 11.6 Å². The van der Waals surface area contributed by atoms with Gasteiger partial charge in [-0.15, -0.1) is 0 Å². The molecule has 19 heavy (non-hydrogen) atoms. The minimum atomic E-state index is -1.04. The molecule has 0 radical (unpaired) electrons. The van der Waals surface area contributed by atoms with Gasteiger partial charge in [0.1, 0.15) is 11.6 Å². The van der Waals surface area contributed by atoms with Crippen molar-refractivity contribution in [2.45, 2.75) is 51.7 Å². The maximum atomic E-state index is 13.5. The fraction of sp³-hybridized carbons (Fsp3) is 0.600. The van der Waals surface area contributed by atoms with Crippen molar-refractivity contribution in [3.8, 4) is 0 Å². The smallest absolute Gasteiger partial charge is 0.129 e. The van der Waals surface area contributed by atoms with Crippen LogP contribution in [0.5, 0.6) is 0 Å². The van der Waals surface area contributed by atoms with E-state index in [1.807, 2.05) is 0 Å². The van der Waals surface area contributed by atoms with E-state index in [1.54, 1.807) is 0 Å². The van der Waals surface area contributed by atoms with Crippen molar-refractivity contribution in [1.29, 1.82) is 0 Å². The Labute approximate surface area is 113 Å². The molecular weight excluding hydrogens is 248 g/mol. The molecule has 0 aliphatic heterocycles. The van der Waals surface area contributed by atoms with E-state index in [-0.39, 0.29) is 17.6 Å². The average Bonchev–Trinajstić information content (AvgIpc) is 2.43. The van der Waals surface area contributed by atoms with Crippen LogP contribution in [0.4, 0.5) is 8.78 Å². The monoisotopic (exact) mass is 271 g/mol. The van der Waals surface area contributed by atoms with E-state index in [0.717, 1.165) is 37.5 Å². The van der Waals surface area contributed by atoms with Gasteiger partial charge in [0.05, 0.1) is 6.10 Å². The van der Waals surface area contributed by atoms with Crippen molar-refractivity contribution >= 4 is 0 Å². The number of hydrogen-bond donors (Lipinski definition) is 2. The molecule has 2 N–H and O–H groups in total. The minimum absolute atomic E-state index is 0.00436. The first kappa shape index (κ1) is 16.1. The highest BCUT2D eigenvalue weighted by atomic mass is 19.1. The third-order valence-corrected chi connectivity index (χ3v) is 4.02. The summed E-state index contributed by atoms with van der Waals surface area (Å²) in [6, 6.07) is 3.14. The van der Waals surface area contributed by atoms with Gasteiger partial charge in [0.25, 0.3) is 0 Å². The lowest BCUT2D eigenvalue weighted by molar-refractivity contribution is 0.146. The average molecular weight is 271 g/mol. The zero-order valence-electron chi connectivity index (χ0n) is 11.8. The fourth-order valence-electron chi connectivity index (χ4n) is 2.32. The summed E-state index contributed by atoms with van der Waals surface area (Å²) < 4.78 is 26.6. The van der Waals surface area contributed by atoms with Gasteiger partial charge < -0.3 is 10.4 Å². The molecule has 0 aliphatic carbocycles. The maximum Gasteiger partial charge on any atom is 0.129 e. The van der Waals surface area contributed by atoms with Crippen molar-refractivity contribution in [1.82, 2.24) is 5.32 Å². The zero-order chi connectivity index (χ0) is 14.5. The van der Waals surface area contributed by atoms with Gasteiger partial charge in [0.2, 0.25) is 0 Å². The highest BCUT2D eigenvalue weighted by Crippen LogP contribution is 2.22. The number of rotatable bonds is 7. The van der Waals surface area contributed by atoms with Crippen LogP contribution in [0.25, 0.3) is 0 Å². The Morgan fingerprint density at radius 2 is 1.74 bits per heavy atom. The topological polar surface area (TPSA) is 32.3 Å². The second kappa shape index (κ2) is 6.96. The molecule has 1 aromatic rings. The largest absolute Gasteiger partial charge is 0.387 e. The second-order valence-corrected chi connectivity index (χ2v) is 4.90. The molecule has 0 bridgehead atoms. The number of benzene rings is 1. The Morgan fingerprint density at radius 3 is 2.26 bits per heavy atom. The van der Waals surface area contributed by atoms with E-state index in [2.05, 4.69) is 26.1 Å². The Hall–Kier alpha value is -1.00. The molecule has 108 valence electrons. The van der Waals surface area contributed by atoms with Crippen LogP contribution >= 0.6 is 0 Å². The lowest BCUT2D eigenvalue weighted by Crippen LogP contribution is -2.45. The van der Waals surface area contributed by atoms with Crippen molar-refractivity contribution in [2.24, 2.45) is 0 Å². The van der Waals surface area contributed by atoms with E-state index in [0.29, 0.717) is 0 Å². The van der Waals surface area contributed by atoms with Crippen LogP contribution < -0.4 is 5.32 Å². The lowest BCUT2D eigenvalue weighted by Gasteiger charge is -2.33. The van der Waals surface area contributed by atoms with E-state index < -0.39 is 17.7 Å². The third-order valence-electron chi connectivity index (χ3n) is 4.02. The molecule has 0 amide bonds. The second-order valence-electron chi connectivity index (χ2n) is 4.90. The summed E-state index contributed by atoms with van der Waals surface area (Å²) in [6.07, 6.45) is 1.74. The van der Waals surface area contributed by atoms with Gasteiger partial charge in [-0.2, -0.15) is 0 Å². The highest BCUT2D eigenvalue weighted by molar-refractivity contribution is 5.21. The Balaban J connectivity index is 2.74. The molecule has 1 aromatic carbocycles. The first-order valence-electron chi connectivity index (χ1n) is 6.86. The molecule has 0 aromatic heterocycles. The fourth-order valence-corrected chi connectivity index (χ4v) is 2.32. The summed E-state index contributed by atoms with van der Waals surface area (Å²) in [6.45, 7) is 6.45. The number of halogens is 2. The van der Waals surface area contributed by atoms with Crippen molar-refractivity contribution in [3.05, 3.63) is 35.4 Å². The number of β-amino-alcohol motifs (C(OH)–C–C–N with tert-alkyl or cyclic N) is 1. The van der Waals surface area contributed by atoms with Crippen LogP contribution in [0.2, 0.25) is 0 Å². The molecule has 1 rings (SSSR count). The number of nitrogens with one attached hydrogen (secondary N) is 1. The molecule has 0 saturated carbocycles. The molecule has 0 heterocycles. The molecule has 1 unspecified atom stereocenters. The van der Waals surface area contributed by atoms with Crippen LogP contribution in [0.3, 0.4) is 0 Å². The zero-order valence-corrected chi connectivity index (χ0v) is 11.8. The van der Waals surface area contributed by atoms with Gasteiger partial charge in [-0.05, 0) is 37.5 Å². The predicted octanol–water partition coefficient (Wildman–Crippen LogP) is 3.56. The van der Waals surface area contributed by atoms with Gasteiger partial charge in [-0.25, -0.2) is 8.78 Å². The van der Waals surface area contributed by atoms with Crippen LogP contribution in [0.15, 0.2) is 18.2 Å². The van der Waals surface area contributed by atoms with Gasteiger partial charge in [0, 0.05) is 17.6 Å². The first-order chi connectivity index (χ1) is 8.98.